The molecule has 4 saturated carbocycles. The molecule has 1 amide bonds. The fourth-order valence-electron chi connectivity index (χ4n) is 5.39. The number of rotatable bonds is 3. The third-order valence-electron chi connectivity index (χ3n) is 5.88. The number of anilines is 1. The van der Waals surface area contributed by atoms with Gasteiger partial charge in [-0.05, 0) is 68.4 Å². The normalized spacial score (nSPS) is 36.5. The third-order valence-corrected chi connectivity index (χ3v) is 5.88. The molecule has 4 fully saturated rings. The van der Waals surface area contributed by atoms with Crippen molar-refractivity contribution in [3.63, 3.8) is 0 Å². The van der Waals surface area contributed by atoms with Crippen molar-refractivity contribution in [3.8, 4) is 5.75 Å². The highest BCUT2D eigenvalue weighted by atomic mass is 16.5. The third kappa shape index (κ3) is 2.14. The topological polar surface area (TPSA) is 38.3 Å². The first-order chi connectivity index (χ1) is 10.2. The molecule has 4 aliphatic rings. The zero-order valence-corrected chi connectivity index (χ0v) is 12.6. The molecule has 0 spiro atoms. The van der Waals surface area contributed by atoms with Crippen LogP contribution in [-0.2, 0) is 4.79 Å². The molecule has 1 aromatic carbocycles. The van der Waals surface area contributed by atoms with Crippen LogP contribution in [0.1, 0.15) is 38.5 Å². The van der Waals surface area contributed by atoms with E-state index in [-0.39, 0.29) is 11.3 Å². The van der Waals surface area contributed by atoms with Gasteiger partial charge in [-0.15, -0.1) is 0 Å². The number of benzene rings is 1. The van der Waals surface area contributed by atoms with E-state index in [2.05, 4.69) is 5.32 Å². The highest BCUT2D eigenvalue weighted by molar-refractivity contribution is 5.96. The summed E-state index contributed by atoms with van der Waals surface area (Å²) in [7, 11) is 1.65. The fraction of sp³-hybridized carbons (Fsp3) is 0.611. The second-order valence-corrected chi connectivity index (χ2v) is 7.35. The van der Waals surface area contributed by atoms with Crippen LogP contribution in [0.15, 0.2) is 24.3 Å². The molecule has 112 valence electrons. The van der Waals surface area contributed by atoms with E-state index in [4.69, 9.17) is 4.74 Å². The average Bonchev–Trinajstić information content (AvgIpc) is 2.46. The summed E-state index contributed by atoms with van der Waals surface area (Å²) in [5, 5.41) is 3.15. The first-order valence-electron chi connectivity index (χ1n) is 8.13. The molecule has 0 aromatic heterocycles. The summed E-state index contributed by atoms with van der Waals surface area (Å²) in [5.74, 6) is 3.35. The summed E-state index contributed by atoms with van der Waals surface area (Å²) in [4.78, 5) is 13.0. The lowest BCUT2D eigenvalue weighted by molar-refractivity contribution is -0.140. The lowest BCUT2D eigenvalue weighted by Crippen LogP contribution is -2.51. The Morgan fingerprint density at radius 1 is 1.10 bits per heavy atom. The van der Waals surface area contributed by atoms with E-state index in [1.165, 1.54) is 19.3 Å². The summed E-state index contributed by atoms with van der Waals surface area (Å²) in [6, 6.07) is 7.70. The van der Waals surface area contributed by atoms with Gasteiger partial charge in [-0.3, -0.25) is 4.79 Å². The van der Waals surface area contributed by atoms with Gasteiger partial charge in [-0.25, -0.2) is 0 Å². The Morgan fingerprint density at radius 2 is 1.67 bits per heavy atom. The average molecular weight is 285 g/mol. The van der Waals surface area contributed by atoms with E-state index >= 15 is 0 Å². The second kappa shape index (κ2) is 4.75. The van der Waals surface area contributed by atoms with Crippen LogP contribution in [0.5, 0.6) is 5.75 Å². The Hall–Kier alpha value is -1.51. The van der Waals surface area contributed by atoms with Gasteiger partial charge in [-0.1, -0.05) is 12.1 Å². The summed E-state index contributed by atoms with van der Waals surface area (Å²) in [5.41, 5.74) is 0.705. The molecule has 3 nitrogen and oxygen atoms in total. The highest BCUT2D eigenvalue weighted by Gasteiger charge is 2.54. The van der Waals surface area contributed by atoms with Crippen molar-refractivity contribution < 1.29 is 9.53 Å². The van der Waals surface area contributed by atoms with E-state index in [9.17, 15) is 4.79 Å². The maximum atomic E-state index is 13.0. The van der Waals surface area contributed by atoms with Crippen LogP contribution in [0.3, 0.4) is 0 Å². The van der Waals surface area contributed by atoms with Crippen LogP contribution in [0.4, 0.5) is 5.69 Å². The molecular weight excluding hydrogens is 262 g/mol. The van der Waals surface area contributed by atoms with Gasteiger partial charge in [0.1, 0.15) is 5.75 Å². The van der Waals surface area contributed by atoms with Gasteiger partial charge in [-0.2, -0.15) is 0 Å². The lowest BCUT2D eigenvalue weighted by Gasteiger charge is -2.55. The molecule has 0 radical (unpaired) electrons. The Kier molecular flexibility index (Phi) is 2.98. The molecular formula is C18H23NO2. The van der Waals surface area contributed by atoms with Crippen molar-refractivity contribution in [1.29, 1.82) is 0 Å². The maximum Gasteiger partial charge on any atom is 0.230 e. The number of nitrogens with one attached hydrogen (secondary N) is 1. The highest BCUT2D eigenvalue weighted by Crippen LogP contribution is 2.60. The minimum absolute atomic E-state index is 0.102. The van der Waals surface area contributed by atoms with E-state index in [0.717, 1.165) is 48.5 Å². The smallest absolute Gasteiger partial charge is 0.230 e. The second-order valence-electron chi connectivity index (χ2n) is 7.35. The zero-order chi connectivity index (χ0) is 14.4. The number of hydrogen-bond donors (Lipinski definition) is 1. The van der Waals surface area contributed by atoms with Crippen LogP contribution in [-0.4, -0.2) is 13.0 Å². The largest absolute Gasteiger partial charge is 0.495 e. The van der Waals surface area contributed by atoms with Gasteiger partial charge in [0, 0.05) is 0 Å². The van der Waals surface area contributed by atoms with Crippen LogP contribution < -0.4 is 10.1 Å². The van der Waals surface area contributed by atoms with Crippen molar-refractivity contribution in [1.82, 2.24) is 0 Å². The standard InChI is InChI=1S/C18H23NO2/c1-21-16-5-3-2-4-15(16)19-17(20)18-9-12-6-13(10-18)8-14(7-12)11-18/h2-5,12-14H,6-11H2,1H3,(H,19,20). The summed E-state index contributed by atoms with van der Waals surface area (Å²) < 4.78 is 5.35. The molecule has 1 N–H and O–H groups in total. The predicted molar refractivity (Wildman–Crippen MR) is 82.2 cm³/mol. The predicted octanol–water partition coefficient (Wildman–Crippen LogP) is 3.85. The number of carbonyl (C=O) groups excluding carboxylic acids is 1. The minimum Gasteiger partial charge on any atom is -0.495 e. The Balaban J connectivity index is 1.57. The molecule has 0 aliphatic heterocycles. The molecule has 4 bridgehead atoms. The number of carbonyl (C=O) groups is 1. The molecule has 0 unspecified atom stereocenters. The monoisotopic (exact) mass is 285 g/mol. The van der Waals surface area contributed by atoms with Crippen LogP contribution in [0.2, 0.25) is 0 Å². The van der Waals surface area contributed by atoms with Gasteiger partial charge >= 0.3 is 0 Å². The van der Waals surface area contributed by atoms with E-state index in [1.54, 1.807) is 7.11 Å². The van der Waals surface area contributed by atoms with Crippen molar-refractivity contribution in [3.05, 3.63) is 24.3 Å². The molecule has 21 heavy (non-hydrogen) atoms. The minimum atomic E-state index is -0.102. The van der Waals surface area contributed by atoms with Crippen molar-refractivity contribution in [2.75, 3.05) is 12.4 Å². The number of hydrogen-bond acceptors (Lipinski definition) is 2. The fourth-order valence-corrected chi connectivity index (χ4v) is 5.39. The Morgan fingerprint density at radius 3 is 2.24 bits per heavy atom. The summed E-state index contributed by atoms with van der Waals surface area (Å²) in [6.07, 6.45) is 7.38. The van der Waals surface area contributed by atoms with Crippen molar-refractivity contribution in [2.24, 2.45) is 23.2 Å². The van der Waals surface area contributed by atoms with Crippen molar-refractivity contribution in [2.45, 2.75) is 38.5 Å². The molecule has 1 aromatic rings. The first kappa shape index (κ1) is 13.2. The number of para-hydroxylation sites is 2. The molecule has 3 heteroatoms. The number of methoxy groups -OCH3 is 1. The van der Waals surface area contributed by atoms with Gasteiger partial charge in [0.05, 0.1) is 18.2 Å². The van der Waals surface area contributed by atoms with Gasteiger partial charge < -0.3 is 10.1 Å². The molecule has 0 heterocycles. The van der Waals surface area contributed by atoms with Gasteiger partial charge in [0.2, 0.25) is 5.91 Å². The number of amides is 1. The van der Waals surface area contributed by atoms with Gasteiger partial charge in [0.25, 0.3) is 0 Å². The van der Waals surface area contributed by atoms with Crippen molar-refractivity contribution >= 4 is 11.6 Å². The van der Waals surface area contributed by atoms with Crippen LogP contribution in [0.25, 0.3) is 0 Å². The molecule has 4 aliphatic carbocycles. The van der Waals surface area contributed by atoms with E-state index in [0.29, 0.717) is 0 Å². The SMILES string of the molecule is COc1ccccc1NC(=O)C12CC3CC(CC(C3)C1)C2. The first-order valence-corrected chi connectivity index (χ1v) is 8.13. The van der Waals surface area contributed by atoms with E-state index in [1.807, 2.05) is 24.3 Å². The lowest BCUT2D eigenvalue weighted by atomic mass is 9.49. The zero-order valence-electron chi connectivity index (χ0n) is 12.6. The Bertz CT molecular complexity index is 531. The summed E-state index contributed by atoms with van der Waals surface area (Å²) >= 11 is 0. The Labute approximate surface area is 126 Å². The van der Waals surface area contributed by atoms with Crippen LogP contribution >= 0.6 is 0 Å². The van der Waals surface area contributed by atoms with Gasteiger partial charge in [0.15, 0.2) is 0 Å². The molecule has 5 rings (SSSR count). The molecule has 0 saturated heterocycles. The quantitative estimate of drug-likeness (QED) is 0.916. The molecule has 0 atom stereocenters. The van der Waals surface area contributed by atoms with Crippen LogP contribution in [0, 0.1) is 23.2 Å². The maximum absolute atomic E-state index is 13.0. The van der Waals surface area contributed by atoms with E-state index < -0.39 is 0 Å². The summed E-state index contributed by atoms with van der Waals surface area (Å²) in [6.45, 7) is 0. The number of ether oxygens (including phenoxy) is 1.